The number of hydrogen-bond donors (Lipinski definition) is 3. The van der Waals surface area contributed by atoms with Gasteiger partial charge in [-0.05, 0) is 24.1 Å². The highest BCUT2D eigenvalue weighted by atomic mass is 16.3. The highest BCUT2D eigenvalue weighted by Crippen LogP contribution is 2.09. The number of amides is 1. The molecular weight excluding hydrogens is 218 g/mol. The summed E-state index contributed by atoms with van der Waals surface area (Å²) in [7, 11) is 0. The topological polar surface area (TPSA) is 69.6 Å². The SMILES string of the molecule is CCCC(O)CNC(=O)Cc1ccc(O)cc1. The Hall–Kier alpha value is -1.55. The number of aliphatic hydroxyl groups is 1. The summed E-state index contributed by atoms with van der Waals surface area (Å²) in [6.07, 6.45) is 1.39. The molecule has 0 radical (unpaired) electrons. The van der Waals surface area contributed by atoms with Crippen LogP contribution in [0.4, 0.5) is 0 Å². The molecule has 3 N–H and O–H groups in total. The van der Waals surface area contributed by atoms with Crippen LogP contribution in [0, 0.1) is 0 Å². The lowest BCUT2D eigenvalue weighted by molar-refractivity contribution is -0.120. The van der Waals surface area contributed by atoms with Crippen molar-refractivity contribution in [2.75, 3.05) is 6.54 Å². The van der Waals surface area contributed by atoms with E-state index in [1.165, 1.54) is 0 Å². The molecule has 0 heterocycles. The minimum Gasteiger partial charge on any atom is -0.508 e. The van der Waals surface area contributed by atoms with Crippen LogP contribution in [-0.2, 0) is 11.2 Å². The number of phenolic OH excluding ortho intramolecular Hbond substituents is 1. The average molecular weight is 237 g/mol. The standard InChI is InChI=1S/C13H19NO3/c1-2-3-12(16)9-14-13(17)8-10-4-6-11(15)7-5-10/h4-7,12,15-16H,2-3,8-9H2,1H3,(H,14,17). The number of carbonyl (C=O) groups excluding carboxylic acids is 1. The van der Waals surface area contributed by atoms with Crippen LogP contribution in [0.25, 0.3) is 0 Å². The maximum atomic E-state index is 11.5. The number of benzene rings is 1. The van der Waals surface area contributed by atoms with Crippen LogP contribution < -0.4 is 5.32 Å². The minimum absolute atomic E-state index is 0.120. The summed E-state index contributed by atoms with van der Waals surface area (Å²) in [5, 5.41) is 21.2. The van der Waals surface area contributed by atoms with Crippen molar-refractivity contribution in [2.24, 2.45) is 0 Å². The molecule has 0 aromatic heterocycles. The van der Waals surface area contributed by atoms with Gasteiger partial charge in [-0.3, -0.25) is 4.79 Å². The van der Waals surface area contributed by atoms with Crippen LogP contribution in [0.3, 0.4) is 0 Å². The Morgan fingerprint density at radius 2 is 2.00 bits per heavy atom. The Labute approximate surface area is 101 Å². The number of rotatable bonds is 6. The average Bonchev–Trinajstić information content (AvgIpc) is 2.30. The van der Waals surface area contributed by atoms with Crippen molar-refractivity contribution < 1.29 is 15.0 Å². The first-order valence-corrected chi connectivity index (χ1v) is 5.84. The molecule has 1 aromatic rings. The summed E-state index contributed by atoms with van der Waals surface area (Å²) >= 11 is 0. The number of phenols is 1. The summed E-state index contributed by atoms with van der Waals surface area (Å²) in [6.45, 7) is 2.28. The van der Waals surface area contributed by atoms with E-state index >= 15 is 0 Å². The van der Waals surface area contributed by atoms with E-state index in [4.69, 9.17) is 5.11 Å². The van der Waals surface area contributed by atoms with Gasteiger partial charge in [0.2, 0.25) is 5.91 Å². The van der Waals surface area contributed by atoms with E-state index in [0.29, 0.717) is 13.0 Å². The van der Waals surface area contributed by atoms with Crippen molar-refractivity contribution in [1.82, 2.24) is 5.32 Å². The summed E-state index contributed by atoms with van der Waals surface area (Å²) in [6, 6.07) is 6.51. The molecule has 0 aliphatic heterocycles. The first-order valence-electron chi connectivity index (χ1n) is 5.84. The second-order valence-electron chi connectivity index (χ2n) is 4.09. The van der Waals surface area contributed by atoms with Gasteiger partial charge < -0.3 is 15.5 Å². The molecule has 0 aliphatic carbocycles. The number of aromatic hydroxyl groups is 1. The van der Waals surface area contributed by atoms with E-state index in [9.17, 15) is 9.90 Å². The molecule has 17 heavy (non-hydrogen) atoms. The minimum atomic E-state index is -0.469. The smallest absolute Gasteiger partial charge is 0.224 e. The van der Waals surface area contributed by atoms with Crippen molar-refractivity contribution >= 4 is 5.91 Å². The third-order valence-electron chi connectivity index (χ3n) is 2.46. The van der Waals surface area contributed by atoms with Gasteiger partial charge in [-0.1, -0.05) is 25.5 Å². The summed E-state index contributed by atoms with van der Waals surface area (Å²) in [5.41, 5.74) is 0.838. The van der Waals surface area contributed by atoms with Gasteiger partial charge in [0.05, 0.1) is 12.5 Å². The molecule has 0 aliphatic rings. The largest absolute Gasteiger partial charge is 0.508 e. The van der Waals surface area contributed by atoms with Crippen LogP contribution >= 0.6 is 0 Å². The van der Waals surface area contributed by atoms with E-state index in [-0.39, 0.29) is 18.1 Å². The highest BCUT2D eigenvalue weighted by Gasteiger charge is 2.06. The molecule has 4 heteroatoms. The van der Waals surface area contributed by atoms with Gasteiger partial charge in [-0.2, -0.15) is 0 Å². The molecule has 1 aromatic carbocycles. The number of hydrogen-bond acceptors (Lipinski definition) is 3. The van der Waals surface area contributed by atoms with Gasteiger partial charge in [-0.25, -0.2) is 0 Å². The molecule has 1 unspecified atom stereocenters. The molecule has 0 bridgehead atoms. The predicted octanol–water partition coefficient (Wildman–Crippen LogP) is 1.21. The highest BCUT2D eigenvalue weighted by molar-refractivity contribution is 5.78. The lowest BCUT2D eigenvalue weighted by Gasteiger charge is -2.10. The fourth-order valence-corrected chi connectivity index (χ4v) is 1.53. The van der Waals surface area contributed by atoms with Crippen molar-refractivity contribution in [3.05, 3.63) is 29.8 Å². The van der Waals surface area contributed by atoms with Gasteiger partial charge in [0.15, 0.2) is 0 Å². The van der Waals surface area contributed by atoms with Crippen molar-refractivity contribution in [2.45, 2.75) is 32.3 Å². The van der Waals surface area contributed by atoms with Crippen molar-refractivity contribution in [3.63, 3.8) is 0 Å². The third kappa shape index (κ3) is 5.36. The van der Waals surface area contributed by atoms with E-state index in [0.717, 1.165) is 12.0 Å². The quantitative estimate of drug-likeness (QED) is 0.696. The van der Waals surface area contributed by atoms with Crippen molar-refractivity contribution in [1.29, 1.82) is 0 Å². The number of carbonyl (C=O) groups is 1. The summed E-state index contributed by atoms with van der Waals surface area (Å²) in [5.74, 6) is 0.0679. The molecule has 1 amide bonds. The monoisotopic (exact) mass is 237 g/mol. The van der Waals surface area contributed by atoms with Crippen LogP contribution in [-0.4, -0.2) is 28.8 Å². The van der Waals surface area contributed by atoms with E-state index < -0.39 is 6.10 Å². The van der Waals surface area contributed by atoms with Gasteiger partial charge in [0.1, 0.15) is 5.75 Å². The Morgan fingerprint density at radius 1 is 1.35 bits per heavy atom. The number of aliphatic hydroxyl groups excluding tert-OH is 1. The van der Waals surface area contributed by atoms with Crippen LogP contribution in [0.15, 0.2) is 24.3 Å². The van der Waals surface area contributed by atoms with Gasteiger partial charge in [0.25, 0.3) is 0 Å². The van der Waals surface area contributed by atoms with Crippen LogP contribution in [0.1, 0.15) is 25.3 Å². The first-order chi connectivity index (χ1) is 8.11. The second-order valence-corrected chi connectivity index (χ2v) is 4.09. The van der Waals surface area contributed by atoms with Crippen molar-refractivity contribution in [3.8, 4) is 5.75 Å². The zero-order valence-corrected chi connectivity index (χ0v) is 10.0. The summed E-state index contributed by atoms with van der Waals surface area (Å²) < 4.78 is 0. The number of nitrogens with one attached hydrogen (secondary N) is 1. The van der Waals surface area contributed by atoms with Gasteiger partial charge in [0, 0.05) is 6.54 Å². The Morgan fingerprint density at radius 3 is 2.59 bits per heavy atom. The predicted molar refractivity (Wildman–Crippen MR) is 65.7 cm³/mol. The van der Waals surface area contributed by atoms with E-state index in [1.54, 1.807) is 24.3 Å². The first kappa shape index (κ1) is 13.5. The zero-order chi connectivity index (χ0) is 12.7. The Bertz CT molecular complexity index is 348. The Kier molecular flexibility index (Phi) is 5.49. The maximum absolute atomic E-state index is 11.5. The Balaban J connectivity index is 2.32. The second kappa shape index (κ2) is 6.91. The van der Waals surface area contributed by atoms with Gasteiger partial charge in [-0.15, -0.1) is 0 Å². The molecule has 0 spiro atoms. The van der Waals surface area contributed by atoms with Crippen LogP contribution in [0.5, 0.6) is 5.75 Å². The van der Waals surface area contributed by atoms with Crippen LogP contribution in [0.2, 0.25) is 0 Å². The molecule has 0 saturated heterocycles. The molecule has 1 atom stereocenters. The molecule has 0 saturated carbocycles. The maximum Gasteiger partial charge on any atom is 0.224 e. The fourth-order valence-electron chi connectivity index (χ4n) is 1.53. The van der Waals surface area contributed by atoms with E-state index in [2.05, 4.69) is 5.32 Å². The third-order valence-corrected chi connectivity index (χ3v) is 2.46. The zero-order valence-electron chi connectivity index (χ0n) is 10.0. The van der Waals surface area contributed by atoms with E-state index in [1.807, 2.05) is 6.92 Å². The lowest BCUT2D eigenvalue weighted by Crippen LogP contribution is -2.33. The fraction of sp³-hybridized carbons (Fsp3) is 0.462. The molecule has 94 valence electrons. The lowest BCUT2D eigenvalue weighted by atomic mass is 10.1. The molecule has 4 nitrogen and oxygen atoms in total. The normalized spacial score (nSPS) is 12.1. The molecule has 0 fully saturated rings. The molecule has 1 rings (SSSR count). The molecular formula is C13H19NO3. The summed E-state index contributed by atoms with van der Waals surface area (Å²) in [4.78, 5) is 11.5. The van der Waals surface area contributed by atoms with Gasteiger partial charge >= 0.3 is 0 Å².